The van der Waals surface area contributed by atoms with Crippen molar-refractivity contribution in [1.82, 2.24) is 20.4 Å². The smallest absolute Gasteiger partial charge is 0.437 e. The minimum atomic E-state index is -0.966. The minimum Gasteiger partial charge on any atom is -0.445 e. The summed E-state index contributed by atoms with van der Waals surface area (Å²) in [5.41, 5.74) is 0.820. The Morgan fingerprint density at radius 3 is 2.24 bits per heavy atom. The van der Waals surface area contributed by atoms with E-state index in [0.29, 0.717) is 19.4 Å². The minimum absolute atomic E-state index is 0.0555. The highest BCUT2D eigenvalue weighted by atomic mass is 16.5. The lowest BCUT2D eigenvalue weighted by atomic mass is 9.98. The molecular weight excluding hydrogens is 476 g/mol. The molecular formula is C27H40N4O6. The topological polar surface area (TPSA) is 133 Å². The first-order chi connectivity index (χ1) is 17.6. The SMILES string of the molecule is CCCCCn1nc(C(=O)[C@H](CC(C)C)NC(=O)[C@H](CC(C)C)NC(=O)OCc2ccccc2)oc1=O. The number of unbranched alkanes of at least 4 members (excludes halogenated alkanes) is 2. The molecule has 0 fully saturated rings. The van der Waals surface area contributed by atoms with E-state index in [1.807, 2.05) is 65.0 Å². The number of aryl methyl sites for hydroxylation is 1. The Labute approximate surface area is 218 Å². The first-order valence-electron chi connectivity index (χ1n) is 13.0. The Morgan fingerprint density at radius 2 is 1.62 bits per heavy atom. The van der Waals surface area contributed by atoms with Crippen LogP contribution in [0.1, 0.15) is 83.0 Å². The van der Waals surface area contributed by atoms with Gasteiger partial charge in [-0.1, -0.05) is 77.8 Å². The average molecular weight is 517 g/mol. The number of benzene rings is 1. The predicted molar refractivity (Wildman–Crippen MR) is 139 cm³/mol. The van der Waals surface area contributed by atoms with Crippen LogP contribution >= 0.6 is 0 Å². The van der Waals surface area contributed by atoms with Crippen molar-refractivity contribution in [2.45, 2.75) is 92.0 Å². The van der Waals surface area contributed by atoms with Gasteiger partial charge in [-0.05, 0) is 36.7 Å². The largest absolute Gasteiger partial charge is 0.445 e. The molecule has 0 aliphatic rings. The molecule has 1 aromatic carbocycles. The van der Waals surface area contributed by atoms with E-state index in [4.69, 9.17) is 9.15 Å². The standard InChI is InChI=1S/C27H40N4O6/c1-6-7-11-14-31-27(35)37-25(30-31)23(32)21(15-18(2)3)28-24(33)22(16-19(4)5)29-26(34)36-17-20-12-9-8-10-13-20/h8-10,12-13,18-19,21-22H,6-7,11,14-17H2,1-5H3,(H,28,33)(H,29,34)/t21-,22-/m0/s1. The van der Waals surface area contributed by atoms with E-state index in [9.17, 15) is 19.2 Å². The summed E-state index contributed by atoms with van der Waals surface area (Å²) in [4.78, 5) is 51.0. The number of ketones is 1. The van der Waals surface area contributed by atoms with Crippen molar-refractivity contribution >= 4 is 17.8 Å². The van der Waals surface area contributed by atoms with Gasteiger partial charge >= 0.3 is 11.8 Å². The third-order valence-electron chi connectivity index (χ3n) is 5.66. The molecule has 0 aliphatic heterocycles. The van der Waals surface area contributed by atoms with Crippen LogP contribution in [-0.2, 0) is 22.7 Å². The fourth-order valence-corrected chi connectivity index (χ4v) is 3.79. The van der Waals surface area contributed by atoms with E-state index in [0.717, 1.165) is 29.5 Å². The van der Waals surface area contributed by atoms with E-state index >= 15 is 0 Å². The molecule has 204 valence electrons. The van der Waals surface area contributed by atoms with Crippen LogP contribution in [0.15, 0.2) is 39.5 Å². The molecule has 2 aromatic rings. The highest BCUT2D eigenvalue weighted by molar-refractivity contribution is 5.99. The molecule has 10 nitrogen and oxygen atoms in total. The predicted octanol–water partition coefficient (Wildman–Crippen LogP) is 4.08. The number of nitrogens with one attached hydrogen (secondary N) is 2. The lowest BCUT2D eigenvalue weighted by Crippen LogP contribution is -2.52. The fraction of sp³-hybridized carbons (Fsp3) is 0.593. The maximum atomic E-state index is 13.2. The summed E-state index contributed by atoms with van der Waals surface area (Å²) in [5.74, 6) is -1.99. The molecule has 0 radical (unpaired) electrons. The third kappa shape index (κ3) is 10.2. The molecule has 0 unspecified atom stereocenters. The number of hydrogen-bond acceptors (Lipinski definition) is 7. The number of amides is 2. The van der Waals surface area contributed by atoms with Gasteiger partial charge in [0, 0.05) is 6.54 Å². The molecule has 1 aromatic heterocycles. The summed E-state index contributed by atoms with van der Waals surface area (Å²) in [7, 11) is 0. The number of nitrogens with zero attached hydrogens (tertiary/aromatic N) is 2. The molecule has 10 heteroatoms. The summed E-state index contributed by atoms with van der Waals surface area (Å²) in [6.45, 7) is 10.1. The lowest BCUT2D eigenvalue weighted by molar-refractivity contribution is -0.124. The van der Waals surface area contributed by atoms with E-state index in [1.54, 1.807) is 0 Å². The van der Waals surface area contributed by atoms with Crippen LogP contribution in [0, 0.1) is 11.8 Å². The molecule has 2 amide bonds. The quantitative estimate of drug-likeness (QED) is 0.269. The van der Waals surface area contributed by atoms with E-state index < -0.39 is 35.6 Å². The van der Waals surface area contributed by atoms with Gasteiger partial charge in [0.25, 0.3) is 5.89 Å². The van der Waals surface area contributed by atoms with E-state index in [2.05, 4.69) is 15.7 Å². The van der Waals surface area contributed by atoms with Crippen molar-refractivity contribution in [3.05, 3.63) is 52.3 Å². The Bertz CT molecular complexity index is 1060. The molecule has 37 heavy (non-hydrogen) atoms. The van der Waals surface area contributed by atoms with Crippen LogP contribution in [0.5, 0.6) is 0 Å². The Balaban J connectivity index is 2.11. The zero-order valence-electron chi connectivity index (χ0n) is 22.5. The van der Waals surface area contributed by atoms with Gasteiger partial charge in [-0.2, -0.15) is 4.68 Å². The van der Waals surface area contributed by atoms with Gasteiger partial charge < -0.3 is 19.8 Å². The first-order valence-corrected chi connectivity index (χ1v) is 13.0. The molecule has 1 heterocycles. The summed E-state index contributed by atoms with van der Waals surface area (Å²) in [6.07, 6.45) is 2.57. The number of hydrogen-bond donors (Lipinski definition) is 2. The number of alkyl carbamates (subject to hydrolysis) is 1. The Morgan fingerprint density at radius 1 is 0.973 bits per heavy atom. The fourth-order valence-electron chi connectivity index (χ4n) is 3.79. The number of Topliss-reactive ketones (excluding diaryl/α,β-unsaturated/α-hetero) is 1. The summed E-state index contributed by atoms with van der Waals surface area (Å²) in [5, 5.41) is 9.42. The van der Waals surface area contributed by atoms with Crippen molar-refractivity contribution < 1.29 is 23.5 Å². The van der Waals surface area contributed by atoms with Crippen LogP contribution in [0.25, 0.3) is 0 Å². The van der Waals surface area contributed by atoms with Crippen LogP contribution in [-0.4, -0.2) is 39.6 Å². The zero-order valence-corrected chi connectivity index (χ0v) is 22.5. The molecule has 0 aliphatic carbocycles. The van der Waals surface area contributed by atoms with Crippen molar-refractivity contribution in [3.63, 3.8) is 0 Å². The van der Waals surface area contributed by atoms with Gasteiger partial charge in [0.1, 0.15) is 12.6 Å². The summed E-state index contributed by atoms with van der Waals surface area (Å²) >= 11 is 0. The van der Waals surface area contributed by atoms with Crippen LogP contribution < -0.4 is 16.4 Å². The van der Waals surface area contributed by atoms with Crippen molar-refractivity contribution in [3.8, 4) is 0 Å². The van der Waals surface area contributed by atoms with Crippen LogP contribution in [0.4, 0.5) is 4.79 Å². The summed E-state index contributed by atoms with van der Waals surface area (Å²) < 4.78 is 11.5. The zero-order chi connectivity index (χ0) is 27.4. The molecule has 0 saturated carbocycles. The van der Waals surface area contributed by atoms with Gasteiger partial charge in [-0.25, -0.2) is 9.59 Å². The second kappa shape index (κ2) is 15.0. The van der Waals surface area contributed by atoms with Gasteiger partial charge in [0.2, 0.25) is 11.7 Å². The Kier molecular flexibility index (Phi) is 12.1. The number of rotatable bonds is 15. The highest BCUT2D eigenvalue weighted by Crippen LogP contribution is 2.12. The highest BCUT2D eigenvalue weighted by Gasteiger charge is 2.31. The normalized spacial score (nSPS) is 12.8. The Hall–Kier alpha value is -3.43. The lowest BCUT2D eigenvalue weighted by Gasteiger charge is -2.24. The van der Waals surface area contributed by atoms with E-state index in [1.165, 1.54) is 0 Å². The number of aromatic nitrogens is 2. The van der Waals surface area contributed by atoms with Crippen molar-refractivity contribution in [1.29, 1.82) is 0 Å². The van der Waals surface area contributed by atoms with Crippen molar-refractivity contribution in [2.24, 2.45) is 11.8 Å². The molecule has 0 bridgehead atoms. The van der Waals surface area contributed by atoms with Crippen LogP contribution in [0.2, 0.25) is 0 Å². The number of carbonyl (C=O) groups is 3. The van der Waals surface area contributed by atoms with Gasteiger partial charge in [-0.3, -0.25) is 9.59 Å². The molecule has 2 atom stereocenters. The van der Waals surface area contributed by atoms with Gasteiger partial charge in [0.05, 0.1) is 6.04 Å². The maximum absolute atomic E-state index is 13.2. The molecule has 0 spiro atoms. The monoisotopic (exact) mass is 516 g/mol. The average Bonchev–Trinajstić information content (AvgIpc) is 3.22. The number of carbonyl (C=O) groups excluding carboxylic acids is 3. The maximum Gasteiger partial charge on any atom is 0.437 e. The second-order valence-electron chi connectivity index (χ2n) is 10.0. The summed E-state index contributed by atoms with van der Waals surface area (Å²) in [6, 6.07) is 7.33. The van der Waals surface area contributed by atoms with Crippen LogP contribution in [0.3, 0.4) is 0 Å². The van der Waals surface area contributed by atoms with E-state index in [-0.39, 0.29) is 24.3 Å². The van der Waals surface area contributed by atoms with Gasteiger partial charge in [0.15, 0.2) is 0 Å². The number of ether oxygens (including phenoxy) is 1. The molecule has 2 rings (SSSR count). The second-order valence-corrected chi connectivity index (χ2v) is 10.0. The molecule has 0 saturated heterocycles. The van der Waals surface area contributed by atoms with Crippen molar-refractivity contribution in [2.75, 3.05) is 0 Å². The first kappa shape index (κ1) is 29.8. The molecule has 2 N–H and O–H groups in total. The third-order valence-corrected chi connectivity index (χ3v) is 5.66. The van der Waals surface area contributed by atoms with Gasteiger partial charge in [-0.15, -0.1) is 5.10 Å².